The summed E-state index contributed by atoms with van der Waals surface area (Å²) in [6.07, 6.45) is 0.523. The van der Waals surface area contributed by atoms with Gasteiger partial charge in [0.15, 0.2) is 5.78 Å². The van der Waals surface area contributed by atoms with E-state index in [1.807, 2.05) is 13.8 Å². The fraction of sp³-hybridized carbons (Fsp3) is 0.375. The Labute approximate surface area is 114 Å². The molecule has 0 aromatic heterocycles. The maximum Gasteiger partial charge on any atom is 0.221 e. The molecule has 0 atom stereocenters. The number of rotatable bonds is 4. The summed E-state index contributed by atoms with van der Waals surface area (Å²) in [5.41, 5.74) is 1.51. The Morgan fingerprint density at radius 1 is 1.21 bits per heavy atom. The lowest BCUT2D eigenvalue weighted by atomic mass is 10.1. The molecule has 100 valence electrons. The van der Waals surface area contributed by atoms with E-state index in [0.717, 1.165) is 5.56 Å². The largest absolute Gasteiger partial charge is 0.345 e. The number of Topliss-reactive ketones (excluding diaryl/α,β-unsaturated/α-hetero) is 1. The maximum atomic E-state index is 11.4. The van der Waals surface area contributed by atoms with E-state index in [1.165, 1.54) is 6.92 Å². The van der Waals surface area contributed by atoms with E-state index in [-0.39, 0.29) is 11.7 Å². The van der Waals surface area contributed by atoms with Gasteiger partial charge in [0.2, 0.25) is 5.91 Å². The number of nitrogens with one attached hydrogen (secondary N) is 1. The standard InChI is InChI=1S/C16H19NO2/c1-12(2)11-16(19)17-10-4-5-14-6-8-15(9-7-14)13(3)18/h6-9,12H,10-11H2,1-3H3,(H,17,19). The molecule has 0 radical (unpaired) electrons. The van der Waals surface area contributed by atoms with E-state index in [1.54, 1.807) is 24.3 Å². The highest BCUT2D eigenvalue weighted by molar-refractivity contribution is 5.94. The molecule has 0 heterocycles. The number of carbonyl (C=O) groups excluding carboxylic acids is 2. The average Bonchev–Trinajstić information content (AvgIpc) is 2.34. The van der Waals surface area contributed by atoms with Gasteiger partial charge in [-0.3, -0.25) is 9.59 Å². The predicted octanol–water partition coefficient (Wildman–Crippen LogP) is 2.40. The van der Waals surface area contributed by atoms with Gasteiger partial charge in [-0.25, -0.2) is 0 Å². The zero-order valence-corrected chi connectivity index (χ0v) is 11.6. The summed E-state index contributed by atoms with van der Waals surface area (Å²) in [5.74, 6) is 6.25. The third kappa shape index (κ3) is 5.87. The van der Waals surface area contributed by atoms with Gasteiger partial charge in [0.05, 0.1) is 6.54 Å². The van der Waals surface area contributed by atoms with Gasteiger partial charge in [0.25, 0.3) is 0 Å². The second-order valence-electron chi connectivity index (χ2n) is 4.81. The first kappa shape index (κ1) is 15.0. The van der Waals surface area contributed by atoms with Crippen molar-refractivity contribution in [2.24, 2.45) is 5.92 Å². The lowest BCUT2D eigenvalue weighted by Crippen LogP contribution is -2.24. The van der Waals surface area contributed by atoms with Gasteiger partial charge in [-0.2, -0.15) is 0 Å². The first-order chi connectivity index (χ1) is 8.99. The van der Waals surface area contributed by atoms with E-state index in [2.05, 4.69) is 17.2 Å². The zero-order chi connectivity index (χ0) is 14.3. The van der Waals surface area contributed by atoms with E-state index < -0.39 is 0 Å². The van der Waals surface area contributed by atoms with Gasteiger partial charge in [-0.1, -0.05) is 37.8 Å². The first-order valence-corrected chi connectivity index (χ1v) is 6.35. The van der Waals surface area contributed by atoms with Gasteiger partial charge in [0, 0.05) is 17.5 Å². The Hall–Kier alpha value is -2.08. The van der Waals surface area contributed by atoms with Crippen molar-refractivity contribution in [1.82, 2.24) is 5.32 Å². The SMILES string of the molecule is CC(=O)c1ccc(C#CCNC(=O)CC(C)C)cc1. The summed E-state index contributed by atoms with van der Waals surface area (Å²) in [6, 6.07) is 7.12. The van der Waals surface area contributed by atoms with Crippen LogP contribution in [-0.4, -0.2) is 18.2 Å². The molecule has 0 aliphatic carbocycles. The van der Waals surface area contributed by atoms with Gasteiger partial charge >= 0.3 is 0 Å². The molecule has 3 heteroatoms. The molecule has 0 spiro atoms. The Balaban J connectivity index is 2.46. The molecule has 0 fully saturated rings. The van der Waals surface area contributed by atoms with E-state index in [9.17, 15) is 9.59 Å². The smallest absolute Gasteiger partial charge is 0.221 e. The quantitative estimate of drug-likeness (QED) is 0.665. The molecular formula is C16H19NO2. The Bertz CT molecular complexity index is 504. The molecule has 0 aliphatic rings. The fourth-order valence-corrected chi connectivity index (χ4v) is 1.52. The minimum atomic E-state index is 0.0243. The minimum Gasteiger partial charge on any atom is -0.345 e. The Morgan fingerprint density at radius 3 is 2.37 bits per heavy atom. The number of carbonyl (C=O) groups is 2. The summed E-state index contributed by atoms with van der Waals surface area (Å²) in [4.78, 5) is 22.5. The summed E-state index contributed by atoms with van der Waals surface area (Å²) in [5, 5.41) is 2.75. The number of hydrogen-bond acceptors (Lipinski definition) is 2. The van der Waals surface area contributed by atoms with Gasteiger partial charge in [-0.15, -0.1) is 0 Å². The van der Waals surface area contributed by atoms with Crippen molar-refractivity contribution in [2.45, 2.75) is 27.2 Å². The van der Waals surface area contributed by atoms with Crippen LogP contribution in [0.2, 0.25) is 0 Å². The predicted molar refractivity (Wildman–Crippen MR) is 75.8 cm³/mol. The third-order valence-electron chi connectivity index (χ3n) is 2.49. The molecule has 0 saturated carbocycles. The summed E-state index contributed by atoms with van der Waals surface area (Å²) < 4.78 is 0. The topological polar surface area (TPSA) is 46.2 Å². The highest BCUT2D eigenvalue weighted by atomic mass is 16.1. The Kier molecular flexibility index (Phi) is 5.81. The normalized spacial score (nSPS) is 9.68. The number of ketones is 1. The van der Waals surface area contributed by atoms with Crippen molar-refractivity contribution in [1.29, 1.82) is 0 Å². The summed E-state index contributed by atoms with van der Waals surface area (Å²) in [7, 11) is 0. The monoisotopic (exact) mass is 257 g/mol. The number of hydrogen-bond donors (Lipinski definition) is 1. The molecular weight excluding hydrogens is 238 g/mol. The fourth-order valence-electron chi connectivity index (χ4n) is 1.52. The molecule has 1 aromatic carbocycles. The zero-order valence-electron chi connectivity index (χ0n) is 11.6. The van der Waals surface area contributed by atoms with Crippen LogP contribution in [0.5, 0.6) is 0 Å². The van der Waals surface area contributed by atoms with Gasteiger partial charge in [0.1, 0.15) is 0 Å². The molecule has 1 amide bonds. The lowest BCUT2D eigenvalue weighted by Gasteiger charge is -2.03. The van der Waals surface area contributed by atoms with Crippen LogP contribution in [0.1, 0.15) is 43.1 Å². The molecule has 0 aliphatic heterocycles. The van der Waals surface area contributed by atoms with Crippen LogP contribution in [0.4, 0.5) is 0 Å². The van der Waals surface area contributed by atoms with Crippen molar-refractivity contribution in [3.05, 3.63) is 35.4 Å². The average molecular weight is 257 g/mol. The maximum absolute atomic E-state index is 11.4. The van der Waals surface area contributed by atoms with Crippen LogP contribution in [-0.2, 0) is 4.79 Å². The summed E-state index contributed by atoms with van der Waals surface area (Å²) in [6.45, 7) is 5.88. The van der Waals surface area contributed by atoms with Gasteiger partial charge < -0.3 is 5.32 Å². The second kappa shape index (κ2) is 7.38. The van der Waals surface area contributed by atoms with Crippen molar-refractivity contribution in [2.75, 3.05) is 6.54 Å². The van der Waals surface area contributed by atoms with E-state index >= 15 is 0 Å². The van der Waals surface area contributed by atoms with Gasteiger partial charge in [-0.05, 0) is 25.0 Å². The molecule has 3 nitrogen and oxygen atoms in total. The van der Waals surface area contributed by atoms with Crippen LogP contribution in [0.25, 0.3) is 0 Å². The van der Waals surface area contributed by atoms with Crippen LogP contribution in [0, 0.1) is 17.8 Å². The highest BCUT2D eigenvalue weighted by Crippen LogP contribution is 2.03. The number of benzene rings is 1. The third-order valence-corrected chi connectivity index (χ3v) is 2.49. The minimum absolute atomic E-state index is 0.0243. The van der Waals surface area contributed by atoms with Crippen LogP contribution in [0.3, 0.4) is 0 Å². The summed E-state index contributed by atoms with van der Waals surface area (Å²) >= 11 is 0. The first-order valence-electron chi connectivity index (χ1n) is 6.35. The van der Waals surface area contributed by atoms with Crippen LogP contribution >= 0.6 is 0 Å². The number of amides is 1. The van der Waals surface area contributed by atoms with Crippen molar-refractivity contribution in [3.63, 3.8) is 0 Å². The second-order valence-corrected chi connectivity index (χ2v) is 4.81. The van der Waals surface area contributed by atoms with Crippen LogP contribution < -0.4 is 5.32 Å². The van der Waals surface area contributed by atoms with Crippen molar-refractivity contribution < 1.29 is 9.59 Å². The molecule has 0 unspecified atom stereocenters. The van der Waals surface area contributed by atoms with E-state index in [4.69, 9.17) is 0 Å². The molecule has 0 bridgehead atoms. The Morgan fingerprint density at radius 2 is 1.84 bits per heavy atom. The molecule has 0 saturated heterocycles. The van der Waals surface area contributed by atoms with E-state index in [0.29, 0.717) is 24.4 Å². The molecule has 1 aromatic rings. The molecule has 1 N–H and O–H groups in total. The van der Waals surface area contributed by atoms with Crippen LogP contribution in [0.15, 0.2) is 24.3 Å². The lowest BCUT2D eigenvalue weighted by molar-refractivity contribution is -0.121. The highest BCUT2D eigenvalue weighted by Gasteiger charge is 2.02. The molecule has 1 rings (SSSR count). The molecule has 19 heavy (non-hydrogen) atoms. The van der Waals surface area contributed by atoms with Crippen molar-refractivity contribution in [3.8, 4) is 11.8 Å². The van der Waals surface area contributed by atoms with Crippen molar-refractivity contribution >= 4 is 11.7 Å².